The summed E-state index contributed by atoms with van der Waals surface area (Å²) in [4.78, 5) is 26.2. The fourth-order valence-electron chi connectivity index (χ4n) is 0.587. The number of carboxylic acid groups (broad SMARTS) is 1. The van der Waals surface area contributed by atoms with Crippen LogP contribution in [0, 0.1) is 0 Å². The van der Waals surface area contributed by atoms with Gasteiger partial charge in [0.15, 0.2) is 5.69 Å². The Kier molecular flexibility index (Phi) is 1.59. The molecule has 0 bridgehead atoms. The van der Waals surface area contributed by atoms with E-state index in [-0.39, 0.29) is 11.5 Å². The lowest BCUT2D eigenvalue weighted by Gasteiger charge is -1.95. The van der Waals surface area contributed by atoms with Gasteiger partial charge in [-0.3, -0.25) is 4.79 Å². The first-order chi connectivity index (χ1) is 5.11. The summed E-state index contributed by atoms with van der Waals surface area (Å²) >= 11 is 0. The number of hydrogen-bond acceptors (Lipinski definition) is 4. The minimum atomic E-state index is -1.27. The van der Waals surface area contributed by atoms with Crippen molar-refractivity contribution in [1.82, 2.24) is 9.97 Å². The highest BCUT2D eigenvalue weighted by molar-refractivity contribution is 5.89. The number of H-pyrrole nitrogens is 1. The first-order valence-electron chi connectivity index (χ1n) is 2.69. The molecule has 4 N–H and O–H groups in total. The summed E-state index contributed by atoms with van der Waals surface area (Å²) < 4.78 is 0. The number of anilines is 1. The normalized spacial score (nSPS) is 9.45. The summed E-state index contributed by atoms with van der Waals surface area (Å²) in [6.45, 7) is 0. The lowest BCUT2D eigenvalue weighted by molar-refractivity contribution is 0.0691. The number of carboxylic acids is 1. The van der Waals surface area contributed by atoms with E-state index in [4.69, 9.17) is 10.8 Å². The van der Waals surface area contributed by atoms with Crippen molar-refractivity contribution in [2.75, 3.05) is 5.73 Å². The van der Waals surface area contributed by atoms with E-state index < -0.39 is 11.5 Å². The number of nitrogens with one attached hydrogen (secondary N) is 1. The van der Waals surface area contributed by atoms with Gasteiger partial charge in [-0.15, -0.1) is 0 Å². The summed E-state index contributed by atoms with van der Waals surface area (Å²) in [6, 6.07) is 0. The zero-order chi connectivity index (χ0) is 8.43. The van der Waals surface area contributed by atoms with E-state index in [0.717, 1.165) is 6.20 Å². The largest absolute Gasteiger partial charge is 0.476 e. The van der Waals surface area contributed by atoms with Crippen LogP contribution in [0.5, 0.6) is 0 Å². The summed E-state index contributed by atoms with van der Waals surface area (Å²) in [5, 5.41) is 8.39. The molecule has 0 unspecified atom stereocenters. The van der Waals surface area contributed by atoms with E-state index in [1.165, 1.54) is 0 Å². The molecular formula is C5H5N3O3. The van der Waals surface area contributed by atoms with Crippen LogP contribution in [0.2, 0.25) is 0 Å². The third-order valence-corrected chi connectivity index (χ3v) is 1.03. The second-order valence-electron chi connectivity index (χ2n) is 1.81. The van der Waals surface area contributed by atoms with Gasteiger partial charge < -0.3 is 15.8 Å². The monoisotopic (exact) mass is 155 g/mol. The van der Waals surface area contributed by atoms with Crippen molar-refractivity contribution in [2.45, 2.75) is 0 Å². The molecule has 0 radical (unpaired) electrons. The number of nitrogens with two attached hydrogens (primary N) is 1. The smallest absolute Gasteiger partial charge is 0.358 e. The molecule has 0 spiro atoms. The minimum absolute atomic E-state index is 0.231. The molecule has 1 aromatic rings. The minimum Gasteiger partial charge on any atom is -0.476 e. The molecule has 0 aliphatic carbocycles. The molecule has 0 aromatic carbocycles. The Morgan fingerprint density at radius 3 is 2.82 bits per heavy atom. The molecule has 1 aromatic heterocycles. The zero-order valence-electron chi connectivity index (χ0n) is 5.37. The summed E-state index contributed by atoms with van der Waals surface area (Å²) in [5.74, 6) is -1.50. The number of nitrogens with zero attached hydrogens (tertiary/aromatic N) is 1. The molecule has 0 aliphatic heterocycles. The van der Waals surface area contributed by atoms with Gasteiger partial charge in [0.2, 0.25) is 0 Å². The van der Waals surface area contributed by atoms with Gasteiger partial charge >= 0.3 is 5.97 Å². The first-order valence-corrected chi connectivity index (χ1v) is 2.69. The van der Waals surface area contributed by atoms with Crippen molar-refractivity contribution in [3.63, 3.8) is 0 Å². The fourth-order valence-corrected chi connectivity index (χ4v) is 0.587. The third-order valence-electron chi connectivity index (χ3n) is 1.03. The molecule has 0 saturated carbocycles. The van der Waals surface area contributed by atoms with Gasteiger partial charge in [0.25, 0.3) is 5.56 Å². The van der Waals surface area contributed by atoms with Gasteiger partial charge in [-0.25, -0.2) is 9.78 Å². The van der Waals surface area contributed by atoms with Gasteiger partial charge in [-0.1, -0.05) is 0 Å². The standard InChI is InChI=1S/C5H5N3O3/c6-4-3(5(10)11)7-1-2(9)8-4/h1H,(H,10,11)(H3,6,8,9). The van der Waals surface area contributed by atoms with Crippen LogP contribution in [0.1, 0.15) is 10.5 Å². The molecule has 6 heteroatoms. The highest BCUT2D eigenvalue weighted by Gasteiger charge is 2.08. The molecule has 11 heavy (non-hydrogen) atoms. The van der Waals surface area contributed by atoms with Crippen molar-refractivity contribution in [2.24, 2.45) is 0 Å². The second kappa shape index (κ2) is 2.41. The van der Waals surface area contributed by atoms with Crippen LogP contribution in [-0.4, -0.2) is 21.0 Å². The second-order valence-corrected chi connectivity index (χ2v) is 1.81. The van der Waals surface area contributed by atoms with Crippen LogP contribution in [0.15, 0.2) is 11.0 Å². The Hall–Kier alpha value is -1.85. The van der Waals surface area contributed by atoms with E-state index in [1.54, 1.807) is 0 Å². The maximum absolute atomic E-state index is 10.5. The predicted octanol–water partition coefficient (Wildman–Crippen LogP) is -0.950. The van der Waals surface area contributed by atoms with Crippen LogP contribution in [0.3, 0.4) is 0 Å². The number of aromatic nitrogens is 2. The van der Waals surface area contributed by atoms with E-state index in [2.05, 4.69) is 9.97 Å². The van der Waals surface area contributed by atoms with Crippen LogP contribution in [0.4, 0.5) is 5.82 Å². The number of aromatic amines is 1. The molecule has 1 heterocycles. The first kappa shape index (κ1) is 7.26. The Labute approximate surface area is 60.7 Å². The molecule has 0 aliphatic rings. The van der Waals surface area contributed by atoms with Crippen LogP contribution >= 0.6 is 0 Å². The zero-order valence-corrected chi connectivity index (χ0v) is 5.37. The quantitative estimate of drug-likeness (QED) is 0.484. The third kappa shape index (κ3) is 1.34. The number of nitrogen functional groups attached to an aromatic ring is 1. The van der Waals surface area contributed by atoms with Crippen molar-refractivity contribution >= 4 is 11.8 Å². The van der Waals surface area contributed by atoms with Crippen LogP contribution in [0.25, 0.3) is 0 Å². The van der Waals surface area contributed by atoms with E-state index in [9.17, 15) is 9.59 Å². The molecular weight excluding hydrogens is 150 g/mol. The van der Waals surface area contributed by atoms with Crippen LogP contribution < -0.4 is 11.3 Å². The average Bonchev–Trinajstić information content (AvgIpc) is 1.85. The van der Waals surface area contributed by atoms with E-state index in [0.29, 0.717) is 0 Å². The topological polar surface area (TPSA) is 109 Å². The fraction of sp³-hybridized carbons (Fsp3) is 0. The molecule has 0 atom stereocenters. The number of hydrogen-bond donors (Lipinski definition) is 3. The highest BCUT2D eigenvalue weighted by Crippen LogP contribution is 1.98. The predicted molar refractivity (Wildman–Crippen MR) is 36.2 cm³/mol. The lowest BCUT2D eigenvalue weighted by atomic mass is 10.4. The molecule has 1 rings (SSSR count). The molecule has 0 amide bonds. The Balaban J connectivity index is 3.31. The lowest BCUT2D eigenvalue weighted by Crippen LogP contribution is -2.15. The van der Waals surface area contributed by atoms with E-state index >= 15 is 0 Å². The Morgan fingerprint density at radius 1 is 1.73 bits per heavy atom. The summed E-state index contributed by atoms with van der Waals surface area (Å²) in [5.41, 5.74) is 4.26. The van der Waals surface area contributed by atoms with Gasteiger partial charge in [0.05, 0.1) is 6.20 Å². The molecule has 0 fully saturated rings. The van der Waals surface area contributed by atoms with Crippen LogP contribution in [-0.2, 0) is 0 Å². The van der Waals surface area contributed by atoms with E-state index in [1.807, 2.05) is 0 Å². The van der Waals surface area contributed by atoms with Crippen molar-refractivity contribution in [3.8, 4) is 0 Å². The van der Waals surface area contributed by atoms with Crippen molar-refractivity contribution < 1.29 is 9.90 Å². The molecule has 58 valence electrons. The average molecular weight is 155 g/mol. The molecule has 6 nitrogen and oxygen atoms in total. The van der Waals surface area contributed by atoms with Crippen molar-refractivity contribution in [1.29, 1.82) is 0 Å². The maximum Gasteiger partial charge on any atom is 0.358 e. The molecule has 0 saturated heterocycles. The van der Waals surface area contributed by atoms with Gasteiger partial charge in [-0.2, -0.15) is 0 Å². The number of rotatable bonds is 1. The SMILES string of the molecule is Nc1[nH]c(=O)cnc1C(=O)O. The van der Waals surface area contributed by atoms with Gasteiger partial charge in [0, 0.05) is 0 Å². The summed E-state index contributed by atoms with van der Waals surface area (Å²) in [6.07, 6.45) is 0.861. The Bertz CT molecular complexity index is 343. The maximum atomic E-state index is 10.5. The highest BCUT2D eigenvalue weighted by atomic mass is 16.4. The van der Waals surface area contributed by atoms with Gasteiger partial charge in [0.1, 0.15) is 5.82 Å². The summed E-state index contributed by atoms with van der Waals surface area (Å²) in [7, 11) is 0. The number of aromatic carboxylic acids is 1. The van der Waals surface area contributed by atoms with Gasteiger partial charge in [-0.05, 0) is 0 Å². The van der Waals surface area contributed by atoms with Crippen molar-refractivity contribution in [3.05, 3.63) is 22.2 Å². The Morgan fingerprint density at radius 2 is 2.36 bits per heavy atom. The number of carbonyl (C=O) groups is 1.